The number of anilines is 1. The number of hydrogen-bond donors (Lipinski definition) is 0. The van der Waals surface area contributed by atoms with Gasteiger partial charge in [-0.1, -0.05) is 11.6 Å². The molecule has 3 rings (SSSR count). The summed E-state index contributed by atoms with van der Waals surface area (Å²) in [5.74, 6) is -1.24. The average molecular weight is 570 g/mol. The first kappa shape index (κ1) is 29.4. The average Bonchev–Trinajstić information content (AvgIpc) is 3.50. The molecule has 2 atom stereocenters. The standard InChI is InChI=1S/C24H32ClN5O7S/c1-15(2)36-23(32)16(3)30(17-9-10-20(18(25)12-17)37-24(33)27(4)5)22(31)19-8-7-11-29(19)38(34,35)21-13-28(6)14-26-21/h9-10,12-16,19H,7-8,11H2,1-6H3/t16-,19-/m0/s1. The van der Waals surface area contributed by atoms with Crippen LogP contribution in [-0.4, -0.2) is 84.0 Å². The van der Waals surface area contributed by atoms with Gasteiger partial charge in [0.1, 0.15) is 12.1 Å². The van der Waals surface area contributed by atoms with Gasteiger partial charge in [0, 0.05) is 39.6 Å². The Bertz CT molecular complexity index is 1310. The number of amides is 2. The van der Waals surface area contributed by atoms with Crippen molar-refractivity contribution in [3.05, 3.63) is 35.7 Å². The van der Waals surface area contributed by atoms with Gasteiger partial charge < -0.3 is 18.9 Å². The fourth-order valence-corrected chi connectivity index (χ4v) is 5.80. The van der Waals surface area contributed by atoms with Crippen LogP contribution in [0.3, 0.4) is 0 Å². The quantitative estimate of drug-likeness (QED) is 0.443. The minimum Gasteiger partial charge on any atom is -0.461 e. The van der Waals surface area contributed by atoms with Crippen molar-refractivity contribution in [2.45, 2.75) is 56.8 Å². The zero-order valence-corrected chi connectivity index (χ0v) is 23.7. The number of hydrogen-bond acceptors (Lipinski definition) is 8. The lowest BCUT2D eigenvalue weighted by molar-refractivity contribution is -0.149. The van der Waals surface area contributed by atoms with Crippen LogP contribution in [0.15, 0.2) is 35.7 Å². The Balaban J connectivity index is 2.01. The van der Waals surface area contributed by atoms with E-state index in [1.807, 2.05) is 0 Å². The van der Waals surface area contributed by atoms with Gasteiger partial charge in [-0.25, -0.2) is 23.0 Å². The van der Waals surface area contributed by atoms with E-state index in [2.05, 4.69) is 4.98 Å². The van der Waals surface area contributed by atoms with Crippen LogP contribution in [-0.2, 0) is 31.4 Å². The van der Waals surface area contributed by atoms with Gasteiger partial charge in [-0.15, -0.1) is 0 Å². The third-order valence-electron chi connectivity index (χ3n) is 5.82. The van der Waals surface area contributed by atoms with Crippen LogP contribution in [0.5, 0.6) is 5.75 Å². The Morgan fingerprint density at radius 3 is 2.42 bits per heavy atom. The maximum Gasteiger partial charge on any atom is 0.414 e. The fourth-order valence-electron chi connectivity index (χ4n) is 3.96. The normalized spacial score (nSPS) is 16.8. The highest BCUT2D eigenvalue weighted by Crippen LogP contribution is 2.34. The number of aromatic nitrogens is 2. The van der Waals surface area contributed by atoms with Crippen LogP contribution in [0.2, 0.25) is 5.02 Å². The molecule has 208 valence electrons. The van der Waals surface area contributed by atoms with Crippen LogP contribution < -0.4 is 9.64 Å². The highest BCUT2D eigenvalue weighted by molar-refractivity contribution is 7.89. The second-order valence-corrected chi connectivity index (χ2v) is 11.6. The van der Waals surface area contributed by atoms with E-state index in [-0.39, 0.29) is 34.5 Å². The zero-order valence-electron chi connectivity index (χ0n) is 22.1. The largest absolute Gasteiger partial charge is 0.461 e. The summed E-state index contributed by atoms with van der Waals surface area (Å²) >= 11 is 6.37. The monoisotopic (exact) mass is 569 g/mol. The van der Waals surface area contributed by atoms with Gasteiger partial charge in [-0.05, 0) is 51.8 Å². The van der Waals surface area contributed by atoms with Gasteiger partial charge in [0.05, 0.1) is 17.5 Å². The summed E-state index contributed by atoms with van der Waals surface area (Å²) in [7, 11) is 0.591. The summed E-state index contributed by atoms with van der Waals surface area (Å²) in [5.41, 5.74) is 0.208. The molecule has 0 aliphatic carbocycles. The van der Waals surface area contributed by atoms with Gasteiger partial charge in [0.2, 0.25) is 5.91 Å². The summed E-state index contributed by atoms with van der Waals surface area (Å²) in [4.78, 5) is 45.2. The number of benzene rings is 1. The molecule has 12 nitrogen and oxygen atoms in total. The topological polar surface area (TPSA) is 131 Å². The number of halogens is 1. The van der Waals surface area contributed by atoms with Gasteiger partial charge in [0.15, 0.2) is 10.8 Å². The molecule has 38 heavy (non-hydrogen) atoms. The van der Waals surface area contributed by atoms with E-state index in [4.69, 9.17) is 21.1 Å². The molecular weight excluding hydrogens is 538 g/mol. The summed E-state index contributed by atoms with van der Waals surface area (Å²) < 4.78 is 39.9. The Morgan fingerprint density at radius 2 is 1.87 bits per heavy atom. The molecule has 1 aromatic carbocycles. The second-order valence-electron chi connectivity index (χ2n) is 9.40. The Labute approximate surface area is 227 Å². The SMILES string of the molecule is CC(C)OC(=O)[C@H](C)N(C(=O)[C@@H]1CCCN1S(=O)(=O)c1cn(C)cn1)c1ccc(OC(=O)N(C)C)c(Cl)c1. The molecule has 14 heteroatoms. The first-order valence-electron chi connectivity index (χ1n) is 12.0. The lowest BCUT2D eigenvalue weighted by Gasteiger charge is -2.33. The first-order valence-corrected chi connectivity index (χ1v) is 13.8. The highest BCUT2D eigenvalue weighted by Gasteiger charge is 2.44. The lowest BCUT2D eigenvalue weighted by Crippen LogP contribution is -2.53. The molecule has 0 unspecified atom stereocenters. The van der Waals surface area contributed by atoms with Crippen molar-refractivity contribution in [2.24, 2.45) is 7.05 Å². The van der Waals surface area contributed by atoms with E-state index in [1.54, 1.807) is 20.9 Å². The Hall–Kier alpha value is -3.16. The van der Waals surface area contributed by atoms with E-state index in [0.717, 1.165) is 4.31 Å². The molecular formula is C24H32ClN5O7S. The number of nitrogens with zero attached hydrogens (tertiary/aromatic N) is 5. The molecule has 1 aliphatic heterocycles. The van der Waals surface area contributed by atoms with Crippen molar-refractivity contribution in [1.82, 2.24) is 18.8 Å². The van der Waals surface area contributed by atoms with E-state index >= 15 is 0 Å². The van der Waals surface area contributed by atoms with Gasteiger partial charge >= 0.3 is 12.1 Å². The number of imidazole rings is 1. The molecule has 0 bridgehead atoms. The predicted octanol–water partition coefficient (Wildman–Crippen LogP) is 2.66. The first-order chi connectivity index (χ1) is 17.7. The predicted molar refractivity (Wildman–Crippen MR) is 139 cm³/mol. The molecule has 0 N–H and O–H groups in total. The minimum atomic E-state index is -4.08. The number of sulfonamides is 1. The van der Waals surface area contributed by atoms with Crippen LogP contribution in [0, 0.1) is 0 Å². The number of rotatable bonds is 8. The van der Waals surface area contributed by atoms with Crippen molar-refractivity contribution in [2.75, 3.05) is 25.5 Å². The van der Waals surface area contributed by atoms with Crippen molar-refractivity contribution < 1.29 is 32.3 Å². The third-order valence-corrected chi connectivity index (χ3v) is 7.91. The molecule has 1 aliphatic rings. The molecule has 2 heterocycles. The van der Waals surface area contributed by atoms with E-state index in [9.17, 15) is 22.8 Å². The number of carbonyl (C=O) groups is 3. The second kappa shape index (κ2) is 11.7. The molecule has 0 spiro atoms. The zero-order chi connectivity index (χ0) is 28.4. The van der Waals surface area contributed by atoms with Crippen LogP contribution in [0.1, 0.15) is 33.6 Å². The summed E-state index contributed by atoms with van der Waals surface area (Å²) in [6, 6.07) is 2.05. The number of esters is 1. The maximum absolute atomic E-state index is 14.0. The highest BCUT2D eigenvalue weighted by atomic mass is 35.5. The lowest BCUT2D eigenvalue weighted by atomic mass is 10.1. The van der Waals surface area contributed by atoms with Gasteiger partial charge in [0.25, 0.3) is 10.0 Å². The van der Waals surface area contributed by atoms with Crippen LogP contribution in [0.4, 0.5) is 10.5 Å². The van der Waals surface area contributed by atoms with Crippen molar-refractivity contribution in [3.63, 3.8) is 0 Å². The Morgan fingerprint density at radius 1 is 1.18 bits per heavy atom. The summed E-state index contributed by atoms with van der Waals surface area (Å²) in [6.45, 7) is 4.97. The van der Waals surface area contributed by atoms with Crippen molar-refractivity contribution in [3.8, 4) is 5.75 Å². The molecule has 1 fully saturated rings. The Kier molecular flexibility index (Phi) is 9.05. The molecule has 0 saturated carbocycles. The molecule has 1 saturated heterocycles. The van der Waals surface area contributed by atoms with Crippen LogP contribution >= 0.6 is 11.6 Å². The van der Waals surface area contributed by atoms with E-state index < -0.39 is 46.2 Å². The number of carbonyl (C=O) groups excluding carboxylic acids is 3. The molecule has 0 radical (unpaired) electrons. The number of aryl methyl sites for hydroxylation is 1. The van der Waals surface area contributed by atoms with Gasteiger partial charge in [-0.3, -0.25) is 9.69 Å². The van der Waals surface area contributed by atoms with Crippen molar-refractivity contribution >= 4 is 45.3 Å². The van der Waals surface area contributed by atoms with E-state index in [1.165, 1.54) is 66.1 Å². The third kappa shape index (κ3) is 6.27. The maximum atomic E-state index is 14.0. The number of ether oxygens (including phenoxy) is 2. The smallest absolute Gasteiger partial charge is 0.414 e. The summed E-state index contributed by atoms with van der Waals surface area (Å²) in [5, 5.41) is -0.155. The van der Waals surface area contributed by atoms with Crippen LogP contribution in [0.25, 0.3) is 0 Å². The van der Waals surface area contributed by atoms with Crippen molar-refractivity contribution in [1.29, 1.82) is 0 Å². The van der Waals surface area contributed by atoms with E-state index in [0.29, 0.717) is 6.42 Å². The summed E-state index contributed by atoms with van der Waals surface area (Å²) in [6.07, 6.45) is 2.33. The molecule has 2 aromatic rings. The van der Waals surface area contributed by atoms with Gasteiger partial charge in [-0.2, -0.15) is 4.31 Å². The molecule has 1 aromatic heterocycles. The molecule has 2 amide bonds. The fraction of sp³-hybridized carbons (Fsp3) is 0.500. The minimum absolute atomic E-state index is 0.0179.